The zero-order valence-corrected chi connectivity index (χ0v) is 27.6. The van der Waals surface area contributed by atoms with Crippen molar-refractivity contribution < 1.29 is 44.6 Å². The maximum atomic E-state index is 14.0. The van der Waals surface area contributed by atoms with Crippen LogP contribution >= 0.6 is 0 Å². The highest BCUT2D eigenvalue weighted by Gasteiger charge is 2.39. The summed E-state index contributed by atoms with van der Waals surface area (Å²) in [5.41, 5.74) is -4.72. The summed E-state index contributed by atoms with van der Waals surface area (Å²) in [6.45, 7) is 7.81. The van der Waals surface area contributed by atoms with Gasteiger partial charge in [-0.25, -0.2) is 0 Å². The Hall–Kier alpha value is -3.44. The summed E-state index contributed by atoms with van der Waals surface area (Å²) >= 11 is 0. The molecule has 0 radical (unpaired) electrons. The number of alkyl halides is 9. The van der Waals surface area contributed by atoms with Crippen molar-refractivity contribution in [3.63, 3.8) is 0 Å². The molecule has 2 aromatic carbocycles. The minimum atomic E-state index is -5.10. The lowest BCUT2D eigenvalue weighted by atomic mass is 9.87. The van der Waals surface area contributed by atoms with Gasteiger partial charge in [0.25, 0.3) is 5.95 Å². The predicted molar refractivity (Wildman–Crippen MR) is 163 cm³/mol. The van der Waals surface area contributed by atoms with Gasteiger partial charge in [0.1, 0.15) is 0 Å². The molecule has 4 rings (SSSR count). The fourth-order valence-corrected chi connectivity index (χ4v) is 6.33. The van der Waals surface area contributed by atoms with E-state index in [4.69, 9.17) is 0 Å². The van der Waals surface area contributed by atoms with Crippen molar-refractivity contribution in [2.75, 3.05) is 37.6 Å². The lowest BCUT2D eigenvalue weighted by Crippen LogP contribution is -2.51. The summed E-state index contributed by atoms with van der Waals surface area (Å²) in [5.74, 6) is -0.204. The number of piperidine rings is 1. The number of anilines is 1. The number of likely N-dealkylation sites (N-methyl/N-ethyl adjacent to an activating group) is 1. The number of halogens is 9. The monoisotopic (exact) mass is 709 g/mol. The molecule has 0 bridgehead atoms. The fourth-order valence-electron chi connectivity index (χ4n) is 6.33. The number of likely N-dealkylation sites (tertiary alicyclic amines) is 1. The van der Waals surface area contributed by atoms with Gasteiger partial charge >= 0.3 is 18.5 Å². The molecule has 0 amide bonds. The standard InChI is InChI=1S/C32H40F9N7O/c1-5-27(47-12-10-29(49,11-13-47)20-46(6-2)7-3)26-9-8-23(30(33,34)35)16-22(26)19-48(28-42-44-45(4)43-28)18-21-14-24(31(36,37)38)17-25(15-21)32(39,40)41/h8-9,14-17,27,49H,5-7,10-13,18-20H2,1-4H3. The molecule has 1 fully saturated rings. The number of rotatable bonds is 12. The Morgan fingerprint density at radius 3 is 1.86 bits per heavy atom. The number of aliphatic hydroxyl groups is 1. The van der Waals surface area contributed by atoms with E-state index in [-0.39, 0.29) is 17.6 Å². The van der Waals surface area contributed by atoms with Crippen LogP contribution in [0.1, 0.15) is 79.5 Å². The summed E-state index contributed by atoms with van der Waals surface area (Å²) in [5, 5.41) is 23.0. The van der Waals surface area contributed by atoms with Crippen molar-refractivity contribution in [1.82, 2.24) is 30.0 Å². The highest BCUT2D eigenvalue weighted by molar-refractivity contribution is 5.42. The number of tetrazole rings is 1. The normalized spacial score (nSPS) is 16.7. The van der Waals surface area contributed by atoms with E-state index in [1.807, 2.05) is 20.8 Å². The molecule has 1 aliphatic heterocycles. The maximum Gasteiger partial charge on any atom is 0.416 e. The van der Waals surface area contributed by atoms with Gasteiger partial charge in [0.15, 0.2) is 0 Å². The molecule has 1 N–H and O–H groups in total. The van der Waals surface area contributed by atoms with E-state index in [0.29, 0.717) is 56.6 Å². The molecule has 17 heteroatoms. The summed E-state index contributed by atoms with van der Waals surface area (Å²) in [6.07, 6.45) is -13.6. The molecule has 49 heavy (non-hydrogen) atoms. The Balaban J connectivity index is 1.74. The number of nitrogens with zero attached hydrogens (tertiary/aromatic N) is 7. The van der Waals surface area contributed by atoms with Crippen LogP contribution < -0.4 is 4.90 Å². The topological polar surface area (TPSA) is 73.5 Å². The summed E-state index contributed by atoms with van der Waals surface area (Å²) in [6, 6.07) is 3.98. The van der Waals surface area contributed by atoms with E-state index in [9.17, 15) is 44.6 Å². The second-order valence-corrected chi connectivity index (χ2v) is 12.4. The van der Waals surface area contributed by atoms with Gasteiger partial charge in [0, 0.05) is 38.8 Å². The largest absolute Gasteiger partial charge is 0.416 e. The highest BCUT2D eigenvalue weighted by atomic mass is 19.4. The number of benzene rings is 2. The van der Waals surface area contributed by atoms with Crippen LogP contribution in [-0.4, -0.2) is 73.4 Å². The van der Waals surface area contributed by atoms with Gasteiger partial charge in [-0.15, -0.1) is 5.10 Å². The Morgan fingerprint density at radius 2 is 1.39 bits per heavy atom. The Kier molecular flexibility index (Phi) is 11.6. The minimum Gasteiger partial charge on any atom is -0.388 e. The van der Waals surface area contributed by atoms with Crippen LogP contribution in [0.3, 0.4) is 0 Å². The van der Waals surface area contributed by atoms with Gasteiger partial charge < -0.3 is 14.9 Å². The van der Waals surface area contributed by atoms with Gasteiger partial charge in [-0.3, -0.25) is 4.90 Å². The Labute approximate surface area is 278 Å². The van der Waals surface area contributed by atoms with E-state index in [1.54, 1.807) is 0 Å². The fraction of sp³-hybridized carbons (Fsp3) is 0.594. The number of hydrogen-bond donors (Lipinski definition) is 1. The third-order valence-corrected chi connectivity index (χ3v) is 8.96. The average Bonchev–Trinajstić information content (AvgIpc) is 3.46. The first kappa shape index (κ1) is 38.4. The molecular weight excluding hydrogens is 669 g/mol. The van der Waals surface area contributed by atoms with E-state index >= 15 is 0 Å². The van der Waals surface area contributed by atoms with Crippen LogP contribution in [0.5, 0.6) is 0 Å². The first-order chi connectivity index (χ1) is 22.8. The van der Waals surface area contributed by atoms with E-state index in [0.717, 1.165) is 30.0 Å². The van der Waals surface area contributed by atoms with Crippen molar-refractivity contribution in [1.29, 1.82) is 0 Å². The second-order valence-electron chi connectivity index (χ2n) is 12.4. The van der Waals surface area contributed by atoms with E-state index < -0.39 is 65.5 Å². The quantitative estimate of drug-likeness (QED) is 0.202. The lowest BCUT2D eigenvalue weighted by Gasteiger charge is -2.44. The summed E-state index contributed by atoms with van der Waals surface area (Å²) < 4.78 is 124. The lowest BCUT2D eigenvalue weighted by molar-refractivity contribution is -0.143. The van der Waals surface area contributed by atoms with Gasteiger partial charge in [0.2, 0.25) is 0 Å². The number of hydrogen-bond acceptors (Lipinski definition) is 7. The average molecular weight is 710 g/mol. The third kappa shape index (κ3) is 9.63. The molecule has 1 atom stereocenters. The minimum absolute atomic E-state index is 0.00682. The molecule has 1 unspecified atom stereocenters. The molecular formula is C32H40F9N7O. The van der Waals surface area contributed by atoms with E-state index in [1.165, 1.54) is 18.0 Å². The molecule has 1 aliphatic rings. The van der Waals surface area contributed by atoms with E-state index in [2.05, 4.69) is 25.2 Å². The molecule has 0 saturated carbocycles. The smallest absolute Gasteiger partial charge is 0.388 e. The van der Waals surface area contributed by atoms with Crippen LogP contribution in [0, 0.1) is 0 Å². The molecule has 3 aromatic rings. The summed E-state index contributed by atoms with van der Waals surface area (Å²) in [4.78, 5) is 6.42. The van der Waals surface area contributed by atoms with Crippen LogP contribution in [0.2, 0.25) is 0 Å². The Bertz CT molecular complexity index is 1510. The van der Waals surface area contributed by atoms with Crippen LogP contribution in [-0.2, 0) is 38.7 Å². The van der Waals surface area contributed by atoms with Gasteiger partial charge in [-0.1, -0.05) is 31.9 Å². The first-order valence-corrected chi connectivity index (χ1v) is 15.9. The van der Waals surface area contributed by atoms with Crippen LogP contribution in [0.15, 0.2) is 36.4 Å². The maximum absolute atomic E-state index is 14.0. The first-order valence-electron chi connectivity index (χ1n) is 15.9. The van der Waals surface area contributed by atoms with Crippen molar-refractivity contribution >= 4 is 5.95 Å². The third-order valence-electron chi connectivity index (χ3n) is 8.96. The predicted octanol–water partition coefficient (Wildman–Crippen LogP) is 7.09. The number of aromatic nitrogens is 4. The molecule has 8 nitrogen and oxygen atoms in total. The van der Waals surface area contributed by atoms with Gasteiger partial charge in [-0.05, 0) is 84.6 Å². The highest BCUT2D eigenvalue weighted by Crippen LogP contribution is 2.39. The SMILES string of the molecule is CCC(c1ccc(C(F)(F)F)cc1CN(Cc1cc(C(F)(F)F)cc(C(F)(F)F)c1)c1nnn(C)n1)N1CCC(O)(CN(CC)CC)CC1. The summed E-state index contributed by atoms with van der Waals surface area (Å²) in [7, 11) is 1.39. The molecule has 2 heterocycles. The van der Waals surface area contributed by atoms with Crippen molar-refractivity contribution in [2.45, 2.75) is 83.3 Å². The molecule has 0 aliphatic carbocycles. The zero-order valence-electron chi connectivity index (χ0n) is 27.6. The number of aryl methyl sites for hydroxylation is 1. The van der Waals surface area contributed by atoms with Gasteiger partial charge in [0.05, 0.1) is 29.3 Å². The van der Waals surface area contributed by atoms with Gasteiger partial charge in [-0.2, -0.15) is 44.3 Å². The van der Waals surface area contributed by atoms with Crippen molar-refractivity contribution in [3.05, 3.63) is 69.8 Å². The Morgan fingerprint density at radius 1 is 0.816 bits per heavy atom. The van der Waals surface area contributed by atoms with Crippen molar-refractivity contribution in [3.8, 4) is 0 Å². The molecule has 1 saturated heterocycles. The van der Waals surface area contributed by atoms with Crippen LogP contribution in [0.25, 0.3) is 0 Å². The zero-order chi connectivity index (χ0) is 36.4. The molecule has 0 spiro atoms. The molecule has 1 aromatic heterocycles. The van der Waals surface area contributed by atoms with Crippen LogP contribution in [0.4, 0.5) is 45.5 Å². The second kappa shape index (κ2) is 14.8. The molecule has 272 valence electrons. The van der Waals surface area contributed by atoms with Crippen molar-refractivity contribution in [2.24, 2.45) is 7.05 Å².